The van der Waals surface area contributed by atoms with Crippen molar-refractivity contribution >= 4 is 49.3 Å². The van der Waals surface area contributed by atoms with Gasteiger partial charge in [-0.1, -0.05) is 66.7 Å². The minimum Gasteiger partial charge on any atom is -0.369 e. The Hall–Kier alpha value is -2.91. The molecule has 1 aliphatic rings. The van der Waals surface area contributed by atoms with Gasteiger partial charge in [-0.05, 0) is 64.4 Å². The third kappa shape index (κ3) is 4.30. The second kappa shape index (κ2) is 9.38. The fraction of sp³-hybridized carbons (Fsp3) is 0.148. The van der Waals surface area contributed by atoms with E-state index in [0.29, 0.717) is 28.6 Å². The molecular formula is C27H23IN2O3S. The predicted molar refractivity (Wildman–Crippen MR) is 142 cm³/mol. The quantitative estimate of drug-likeness (QED) is 0.287. The Morgan fingerprint density at radius 2 is 1.53 bits per heavy atom. The van der Waals surface area contributed by atoms with Crippen molar-refractivity contribution < 1.29 is 13.2 Å². The van der Waals surface area contributed by atoms with Gasteiger partial charge in [-0.15, -0.1) is 0 Å². The Kier molecular flexibility index (Phi) is 6.31. The van der Waals surface area contributed by atoms with Crippen molar-refractivity contribution in [1.29, 1.82) is 0 Å². The topological polar surface area (TPSA) is 59.4 Å². The van der Waals surface area contributed by atoms with Gasteiger partial charge in [-0.2, -0.15) is 0 Å². The van der Waals surface area contributed by atoms with Gasteiger partial charge in [-0.25, -0.2) is 12.4 Å². The first-order valence-electron chi connectivity index (χ1n) is 11.0. The molecule has 4 aromatic rings. The fourth-order valence-electron chi connectivity index (χ4n) is 4.49. The van der Waals surface area contributed by atoms with E-state index in [9.17, 15) is 13.2 Å². The summed E-state index contributed by atoms with van der Waals surface area (Å²) < 4.78 is 29.3. The third-order valence-corrected chi connectivity index (χ3v) is 9.35. The number of allylic oxidation sites excluding steroid dienone is 1. The van der Waals surface area contributed by atoms with E-state index in [1.54, 1.807) is 36.4 Å². The zero-order chi connectivity index (χ0) is 23.7. The van der Waals surface area contributed by atoms with Crippen molar-refractivity contribution in [3.8, 4) is 0 Å². The van der Waals surface area contributed by atoms with Gasteiger partial charge in [0.25, 0.3) is 10.0 Å². The van der Waals surface area contributed by atoms with Crippen molar-refractivity contribution in [1.82, 2.24) is 8.87 Å². The average molecular weight is 582 g/mol. The molecule has 0 radical (unpaired) electrons. The maximum Gasteiger partial charge on any atom is 0.269 e. The van der Waals surface area contributed by atoms with Gasteiger partial charge < -0.3 is 4.90 Å². The normalized spacial score (nSPS) is 16.3. The highest BCUT2D eigenvalue weighted by atomic mass is 127. The van der Waals surface area contributed by atoms with Crippen LogP contribution >= 0.6 is 22.6 Å². The van der Waals surface area contributed by atoms with Gasteiger partial charge >= 0.3 is 0 Å². The van der Waals surface area contributed by atoms with Gasteiger partial charge in [0, 0.05) is 30.6 Å². The van der Waals surface area contributed by atoms with E-state index in [2.05, 4.69) is 39.6 Å². The zero-order valence-electron chi connectivity index (χ0n) is 18.3. The lowest BCUT2D eigenvalue weighted by atomic mass is 9.96. The van der Waals surface area contributed by atoms with Crippen LogP contribution in [0.2, 0.25) is 0 Å². The molecule has 0 aliphatic carbocycles. The number of hydrogen-bond donors (Lipinski definition) is 0. The number of halogens is 1. The Balaban J connectivity index is 1.57. The summed E-state index contributed by atoms with van der Waals surface area (Å²) in [5, 5.41) is 0.896. The van der Waals surface area contributed by atoms with Crippen molar-refractivity contribution in [2.24, 2.45) is 0 Å². The number of fused-ring (bicyclic) bond motifs is 1. The van der Waals surface area contributed by atoms with Gasteiger partial charge in [0.15, 0.2) is 5.78 Å². The lowest BCUT2D eigenvalue weighted by molar-refractivity contribution is -0.116. The Morgan fingerprint density at radius 3 is 2.26 bits per heavy atom. The second-order valence-corrected chi connectivity index (χ2v) is 11.2. The SMILES string of the molecule is O=C1C=CN(Cc2ccccc2)C(Cc2c(I)n(S(=O)(=O)c3ccccc3)c3ccccc23)C1. The number of aromatic nitrogens is 1. The second-order valence-electron chi connectivity index (χ2n) is 8.37. The summed E-state index contributed by atoms with van der Waals surface area (Å²) in [6, 6.07) is 26.2. The molecule has 7 heteroatoms. The third-order valence-electron chi connectivity index (χ3n) is 6.16. The number of para-hydroxylation sites is 1. The maximum absolute atomic E-state index is 13.6. The first-order valence-corrected chi connectivity index (χ1v) is 13.6. The minimum atomic E-state index is -3.77. The van der Waals surface area contributed by atoms with Crippen molar-refractivity contribution in [2.45, 2.75) is 30.3 Å². The highest BCUT2D eigenvalue weighted by molar-refractivity contribution is 14.1. The summed E-state index contributed by atoms with van der Waals surface area (Å²) in [6.07, 6.45) is 4.47. The van der Waals surface area contributed by atoms with Crippen LogP contribution in [0.1, 0.15) is 17.5 Å². The van der Waals surface area contributed by atoms with Crippen molar-refractivity contribution in [3.05, 3.63) is 112 Å². The molecule has 34 heavy (non-hydrogen) atoms. The Labute approximate surface area is 212 Å². The molecule has 1 aliphatic heterocycles. The van der Waals surface area contributed by atoms with Crippen LogP contribution in [-0.4, -0.2) is 29.1 Å². The lowest BCUT2D eigenvalue weighted by Gasteiger charge is -2.33. The smallest absolute Gasteiger partial charge is 0.269 e. The van der Waals surface area contributed by atoms with Crippen LogP contribution in [0.25, 0.3) is 10.9 Å². The van der Waals surface area contributed by atoms with Crippen LogP contribution in [-0.2, 0) is 27.8 Å². The van der Waals surface area contributed by atoms with E-state index in [1.807, 2.05) is 48.7 Å². The molecule has 0 saturated carbocycles. The molecular weight excluding hydrogens is 559 g/mol. The van der Waals surface area contributed by atoms with Crippen LogP contribution in [0.4, 0.5) is 0 Å². The van der Waals surface area contributed by atoms with E-state index >= 15 is 0 Å². The maximum atomic E-state index is 13.6. The first-order chi connectivity index (χ1) is 16.4. The van der Waals surface area contributed by atoms with Gasteiger partial charge in [0.2, 0.25) is 0 Å². The first kappa shape index (κ1) is 22.9. The summed E-state index contributed by atoms with van der Waals surface area (Å²) in [4.78, 5) is 14.8. The molecule has 5 rings (SSSR count). The molecule has 0 bridgehead atoms. The molecule has 1 unspecified atom stereocenters. The molecule has 0 spiro atoms. The van der Waals surface area contributed by atoms with Crippen molar-refractivity contribution in [2.75, 3.05) is 0 Å². The lowest BCUT2D eigenvalue weighted by Crippen LogP contribution is -2.37. The van der Waals surface area contributed by atoms with Crippen LogP contribution in [0.3, 0.4) is 0 Å². The summed E-state index contributed by atoms with van der Waals surface area (Å²) in [7, 11) is -3.77. The van der Waals surface area contributed by atoms with E-state index in [4.69, 9.17) is 0 Å². The Bertz CT molecular complexity index is 1480. The number of benzene rings is 3. The monoisotopic (exact) mass is 582 g/mol. The molecule has 0 saturated heterocycles. The number of carbonyl (C=O) groups is 1. The number of ketones is 1. The van der Waals surface area contributed by atoms with Crippen LogP contribution in [0.15, 0.2) is 102 Å². The van der Waals surface area contributed by atoms with E-state index in [-0.39, 0.29) is 16.7 Å². The summed E-state index contributed by atoms with van der Waals surface area (Å²) >= 11 is 2.14. The van der Waals surface area contributed by atoms with E-state index in [1.165, 1.54) is 3.97 Å². The van der Waals surface area contributed by atoms with Gasteiger partial charge in [-0.3, -0.25) is 4.79 Å². The molecule has 0 N–H and O–H groups in total. The summed E-state index contributed by atoms with van der Waals surface area (Å²) in [5.41, 5.74) is 2.76. The van der Waals surface area contributed by atoms with Crippen LogP contribution < -0.4 is 0 Å². The zero-order valence-corrected chi connectivity index (χ0v) is 21.3. The number of nitrogens with zero attached hydrogens (tertiary/aromatic N) is 2. The molecule has 2 heterocycles. The summed E-state index contributed by atoms with van der Waals surface area (Å²) in [6.45, 7) is 0.687. The highest BCUT2D eigenvalue weighted by Crippen LogP contribution is 2.34. The number of hydrogen-bond acceptors (Lipinski definition) is 4. The van der Waals surface area contributed by atoms with Gasteiger partial charge in [0.05, 0.1) is 14.1 Å². The molecule has 1 aromatic heterocycles. The standard InChI is InChI=1S/C27H23IN2O3S/c28-27-25(18-21-17-22(31)15-16-29(21)19-20-9-3-1-4-10-20)24-13-7-8-14-26(24)30(27)34(32,33)23-11-5-2-6-12-23/h1-16,21H,17-19H2. The highest BCUT2D eigenvalue weighted by Gasteiger charge is 2.29. The molecule has 172 valence electrons. The molecule has 0 fully saturated rings. The largest absolute Gasteiger partial charge is 0.369 e. The molecule has 0 amide bonds. The summed E-state index contributed by atoms with van der Waals surface area (Å²) in [5.74, 6) is 0.0879. The predicted octanol–water partition coefficient (Wildman–Crippen LogP) is 5.38. The van der Waals surface area contributed by atoms with Crippen molar-refractivity contribution in [3.63, 3.8) is 0 Å². The van der Waals surface area contributed by atoms with E-state index in [0.717, 1.165) is 16.5 Å². The number of rotatable bonds is 6. The average Bonchev–Trinajstić information content (AvgIpc) is 3.14. The minimum absolute atomic E-state index is 0.0649. The van der Waals surface area contributed by atoms with Gasteiger partial charge in [0.1, 0.15) is 0 Å². The van der Waals surface area contributed by atoms with E-state index < -0.39 is 10.0 Å². The molecule has 3 aromatic carbocycles. The fourth-order valence-corrected chi connectivity index (χ4v) is 7.49. The number of carbonyl (C=O) groups excluding carboxylic acids is 1. The van der Waals surface area contributed by atoms with Crippen LogP contribution in [0, 0.1) is 3.70 Å². The Morgan fingerprint density at radius 1 is 0.882 bits per heavy atom. The van der Waals surface area contributed by atoms with Crippen LogP contribution in [0.5, 0.6) is 0 Å². The molecule has 1 atom stereocenters. The molecule has 5 nitrogen and oxygen atoms in total.